The van der Waals surface area contributed by atoms with Crippen molar-refractivity contribution in [3.8, 4) is 0 Å². The molecule has 0 spiro atoms. The molecule has 8 nitrogen and oxygen atoms in total. The van der Waals surface area contributed by atoms with Crippen molar-refractivity contribution in [1.29, 1.82) is 0 Å². The highest BCUT2D eigenvalue weighted by atomic mass is 32.1. The molecule has 1 amide bonds. The minimum absolute atomic E-state index is 0.0110. The summed E-state index contributed by atoms with van der Waals surface area (Å²) in [7, 11) is 1.18. The van der Waals surface area contributed by atoms with Crippen LogP contribution in [0.5, 0.6) is 0 Å². The molecule has 0 radical (unpaired) electrons. The minimum Gasteiger partial charge on any atom is -0.481 e. The van der Waals surface area contributed by atoms with Crippen molar-refractivity contribution in [3.63, 3.8) is 0 Å². The lowest BCUT2D eigenvalue weighted by Crippen LogP contribution is -2.13. The van der Waals surface area contributed by atoms with Crippen LogP contribution in [0.2, 0.25) is 0 Å². The zero-order chi connectivity index (χ0) is 18.9. The van der Waals surface area contributed by atoms with E-state index in [4.69, 9.17) is 9.84 Å². The zero-order valence-corrected chi connectivity index (χ0v) is 14.6. The van der Waals surface area contributed by atoms with Crippen molar-refractivity contribution in [2.75, 3.05) is 12.4 Å². The zero-order valence-electron chi connectivity index (χ0n) is 13.8. The van der Waals surface area contributed by atoms with E-state index in [1.54, 1.807) is 0 Å². The van der Waals surface area contributed by atoms with Gasteiger partial charge in [0.2, 0.25) is 0 Å². The Labute approximate surface area is 153 Å². The number of methoxy groups -OCH3 is 1. The summed E-state index contributed by atoms with van der Waals surface area (Å²) in [6, 6.07) is 9.18. The molecular formula is C17H16N2O6S. The Balaban J connectivity index is 2.00. The van der Waals surface area contributed by atoms with Crippen LogP contribution in [0.3, 0.4) is 0 Å². The molecule has 0 unspecified atom stereocenters. The van der Waals surface area contributed by atoms with Crippen molar-refractivity contribution in [2.45, 2.75) is 13.0 Å². The van der Waals surface area contributed by atoms with E-state index in [-0.39, 0.29) is 29.4 Å². The largest absolute Gasteiger partial charge is 0.481 e. The van der Waals surface area contributed by atoms with Crippen molar-refractivity contribution in [2.24, 2.45) is 0 Å². The van der Waals surface area contributed by atoms with E-state index < -0.39 is 18.0 Å². The molecule has 0 fully saturated rings. The van der Waals surface area contributed by atoms with Crippen molar-refractivity contribution in [3.05, 3.63) is 53.0 Å². The number of rotatable bonds is 7. The Kier molecular flexibility index (Phi) is 6.86. The van der Waals surface area contributed by atoms with E-state index >= 15 is 0 Å². The minimum atomic E-state index is -1.09. The number of hydrogen-bond acceptors (Lipinski definition) is 7. The molecule has 0 saturated carbocycles. The SMILES string of the molecule is COC(=O)C(=CCC(=O)O)c1csc(NC(=O)OCc2ccccc2)n1. The number of anilines is 1. The quantitative estimate of drug-likeness (QED) is 0.564. The van der Waals surface area contributed by atoms with E-state index in [9.17, 15) is 14.4 Å². The molecule has 1 aromatic heterocycles. The topological polar surface area (TPSA) is 115 Å². The molecule has 0 aliphatic rings. The van der Waals surface area contributed by atoms with Gasteiger partial charge in [0.1, 0.15) is 6.61 Å². The smallest absolute Gasteiger partial charge is 0.413 e. The summed E-state index contributed by atoms with van der Waals surface area (Å²) in [5, 5.41) is 12.9. The Morgan fingerprint density at radius 1 is 1.27 bits per heavy atom. The predicted molar refractivity (Wildman–Crippen MR) is 94.6 cm³/mol. The van der Waals surface area contributed by atoms with E-state index in [2.05, 4.69) is 15.0 Å². The molecular weight excluding hydrogens is 360 g/mol. The van der Waals surface area contributed by atoms with Crippen molar-refractivity contribution < 1.29 is 29.0 Å². The number of carbonyl (C=O) groups excluding carboxylic acids is 2. The van der Waals surface area contributed by atoms with Crippen LogP contribution in [-0.4, -0.2) is 35.2 Å². The third kappa shape index (κ3) is 5.71. The number of amides is 1. The number of benzene rings is 1. The number of nitrogens with one attached hydrogen (secondary N) is 1. The van der Waals surface area contributed by atoms with Gasteiger partial charge in [-0.25, -0.2) is 14.6 Å². The summed E-state index contributed by atoms with van der Waals surface area (Å²) in [5.41, 5.74) is 1.06. The Hall–Kier alpha value is -3.20. The molecule has 2 N–H and O–H groups in total. The van der Waals surface area contributed by atoms with Crippen LogP contribution < -0.4 is 5.32 Å². The van der Waals surface area contributed by atoms with Gasteiger partial charge in [0.15, 0.2) is 5.13 Å². The number of aliphatic carboxylic acids is 1. The lowest BCUT2D eigenvalue weighted by molar-refractivity contribution is -0.136. The highest BCUT2D eigenvalue weighted by Crippen LogP contribution is 2.23. The lowest BCUT2D eigenvalue weighted by atomic mass is 10.1. The molecule has 0 aliphatic carbocycles. The summed E-state index contributed by atoms with van der Waals surface area (Å²) in [6.07, 6.45) is 0.161. The summed E-state index contributed by atoms with van der Waals surface area (Å²) < 4.78 is 9.71. The van der Waals surface area contributed by atoms with Crippen LogP contribution in [0.25, 0.3) is 5.57 Å². The highest BCUT2D eigenvalue weighted by molar-refractivity contribution is 7.14. The van der Waals surface area contributed by atoms with Crippen LogP contribution in [0.1, 0.15) is 17.7 Å². The first-order valence-corrected chi connectivity index (χ1v) is 8.31. The molecule has 0 bridgehead atoms. The van der Waals surface area contributed by atoms with Gasteiger partial charge in [-0.1, -0.05) is 36.4 Å². The molecule has 9 heteroatoms. The summed E-state index contributed by atoms with van der Waals surface area (Å²) in [5.74, 6) is -1.81. The molecule has 2 aromatic rings. The Bertz CT molecular complexity index is 816. The second kappa shape index (κ2) is 9.33. The molecule has 1 heterocycles. The molecule has 26 heavy (non-hydrogen) atoms. The maximum absolute atomic E-state index is 11.8. The number of thiazole rings is 1. The third-order valence-electron chi connectivity index (χ3n) is 3.09. The van der Waals surface area contributed by atoms with Gasteiger partial charge in [0.05, 0.1) is 24.8 Å². The Morgan fingerprint density at radius 2 is 2.00 bits per heavy atom. The molecule has 0 atom stereocenters. The van der Waals surface area contributed by atoms with E-state index in [0.717, 1.165) is 16.9 Å². The maximum Gasteiger partial charge on any atom is 0.413 e. The molecule has 0 saturated heterocycles. The number of esters is 1. The predicted octanol–water partition coefficient (Wildman–Crippen LogP) is 2.92. The lowest BCUT2D eigenvalue weighted by Gasteiger charge is -2.05. The normalized spacial score (nSPS) is 10.9. The van der Waals surface area contributed by atoms with E-state index in [0.29, 0.717) is 0 Å². The third-order valence-corrected chi connectivity index (χ3v) is 3.85. The fourth-order valence-corrected chi connectivity index (χ4v) is 2.59. The summed E-state index contributed by atoms with van der Waals surface area (Å²) in [4.78, 5) is 38.4. The summed E-state index contributed by atoms with van der Waals surface area (Å²) in [6.45, 7) is 0.108. The highest BCUT2D eigenvalue weighted by Gasteiger charge is 2.17. The maximum atomic E-state index is 11.8. The molecule has 0 aliphatic heterocycles. The van der Waals surface area contributed by atoms with Crippen LogP contribution in [0.4, 0.5) is 9.93 Å². The molecule has 1 aromatic carbocycles. The average Bonchev–Trinajstić information content (AvgIpc) is 3.08. The van der Waals surface area contributed by atoms with Crippen molar-refractivity contribution >= 4 is 40.1 Å². The van der Waals surface area contributed by atoms with Gasteiger partial charge >= 0.3 is 18.0 Å². The van der Waals surface area contributed by atoms with Gasteiger partial charge in [0.25, 0.3) is 0 Å². The first-order chi connectivity index (χ1) is 12.5. The number of ether oxygens (including phenoxy) is 2. The van der Waals surface area contributed by atoms with Gasteiger partial charge in [0, 0.05) is 5.38 Å². The Morgan fingerprint density at radius 3 is 2.65 bits per heavy atom. The van der Waals surface area contributed by atoms with Gasteiger partial charge < -0.3 is 14.6 Å². The number of hydrogen-bond donors (Lipinski definition) is 2. The van der Waals surface area contributed by atoms with Gasteiger partial charge in [-0.2, -0.15) is 0 Å². The number of nitrogens with zero attached hydrogens (tertiary/aromatic N) is 1. The van der Waals surface area contributed by atoms with Crippen molar-refractivity contribution in [1.82, 2.24) is 4.98 Å². The number of carboxylic acids is 1. The number of aromatic nitrogens is 1. The number of carbonyl (C=O) groups is 3. The van der Waals surface area contributed by atoms with Gasteiger partial charge in [-0.3, -0.25) is 10.1 Å². The van der Waals surface area contributed by atoms with E-state index in [1.165, 1.54) is 18.6 Å². The number of carboxylic acid groups (broad SMARTS) is 1. The summed E-state index contributed by atoms with van der Waals surface area (Å²) >= 11 is 1.07. The fourth-order valence-electron chi connectivity index (χ4n) is 1.89. The molecule has 136 valence electrons. The first kappa shape index (κ1) is 19.1. The molecule has 2 rings (SSSR count). The standard InChI is InChI=1S/C17H16N2O6S/c1-24-15(22)12(7-8-14(20)21)13-10-26-16(18-13)19-17(23)25-9-11-5-3-2-4-6-11/h2-7,10H,8-9H2,1H3,(H,20,21)(H,18,19,23). The van der Waals surface area contributed by atoms with Crippen LogP contribution in [0.15, 0.2) is 41.8 Å². The van der Waals surface area contributed by atoms with Gasteiger partial charge in [-0.15, -0.1) is 11.3 Å². The van der Waals surface area contributed by atoms with Gasteiger partial charge in [-0.05, 0) is 5.56 Å². The second-order valence-corrected chi connectivity index (χ2v) is 5.79. The van der Waals surface area contributed by atoms with Crippen LogP contribution in [-0.2, 0) is 25.7 Å². The fraction of sp³-hybridized carbons (Fsp3) is 0.176. The van der Waals surface area contributed by atoms with Crippen LogP contribution >= 0.6 is 11.3 Å². The second-order valence-electron chi connectivity index (χ2n) is 4.93. The first-order valence-electron chi connectivity index (χ1n) is 7.43. The average molecular weight is 376 g/mol. The monoisotopic (exact) mass is 376 g/mol. The van der Waals surface area contributed by atoms with E-state index in [1.807, 2.05) is 30.3 Å². The van der Waals surface area contributed by atoms with Crippen LogP contribution in [0, 0.1) is 0 Å².